The fraction of sp³-hybridized carbons (Fsp3) is 0.400. The quantitative estimate of drug-likeness (QED) is 0.592. The molecule has 4 heteroatoms. The summed E-state index contributed by atoms with van der Waals surface area (Å²) in [5.41, 5.74) is 6.05. The van der Waals surface area contributed by atoms with Gasteiger partial charge in [0, 0.05) is 16.3 Å². The number of thioether (sulfide) groups is 1. The number of halogens is 1. The number of nitrogens with two attached hydrogens (primary N) is 1. The monoisotopic (exact) mass is 212 g/mol. The minimum atomic E-state index is -0.251. The van der Waals surface area contributed by atoms with E-state index < -0.39 is 0 Å². The topological polar surface area (TPSA) is 38.0 Å². The Morgan fingerprint density at radius 2 is 2.21 bits per heavy atom. The van der Waals surface area contributed by atoms with E-state index >= 15 is 0 Å². The zero-order valence-electron chi connectivity index (χ0n) is 7.79. The molecule has 0 bridgehead atoms. The normalized spacial score (nSPS) is 16.6. The SMILES string of the molecule is Nc1cc(F)cc(SCC2CNC2)c1. The van der Waals surface area contributed by atoms with E-state index in [4.69, 9.17) is 5.73 Å². The predicted octanol–water partition coefficient (Wildman–Crippen LogP) is 1.72. The van der Waals surface area contributed by atoms with Crippen LogP contribution in [0.2, 0.25) is 0 Å². The standard InChI is InChI=1S/C10H13FN2S/c11-8-1-9(12)3-10(2-8)14-6-7-4-13-5-7/h1-3,7,13H,4-6,12H2. The summed E-state index contributed by atoms with van der Waals surface area (Å²) in [5, 5.41) is 3.21. The van der Waals surface area contributed by atoms with E-state index in [0.29, 0.717) is 5.69 Å². The Kier molecular flexibility index (Phi) is 2.93. The first-order chi connectivity index (χ1) is 6.74. The smallest absolute Gasteiger partial charge is 0.126 e. The van der Waals surface area contributed by atoms with Crippen LogP contribution in [-0.2, 0) is 0 Å². The molecule has 1 saturated heterocycles. The first kappa shape index (κ1) is 9.80. The summed E-state index contributed by atoms with van der Waals surface area (Å²) in [7, 11) is 0. The lowest BCUT2D eigenvalue weighted by Crippen LogP contribution is -2.43. The molecule has 0 radical (unpaired) electrons. The number of benzene rings is 1. The first-order valence-electron chi connectivity index (χ1n) is 4.63. The van der Waals surface area contributed by atoms with Crippen LogP contribution in [0.4, 0.5) is 10.1 Å². The number of hydrogen-bond donors (Lipinski definition) is 2. The lowest BCUT2D eigenvalue weighted by molar-refractivity contribution is 0.385. The van der Waals surface area contributed by atoms with E-state index in [1.54, 1.807) is 11.8 Å². The number of nitrogen functional groups attached to an aromatic ring is 1. The van der Waals surface area contributed by atoms with Crippen molar-refractivity contribution in [2.45, 2.75) is 4.90 Å². The van der Waals surface area contributed by atoms with Gasteiger partial charge in [-0.25, -0.2) is 4.39 Å². The van der Waals surface area contributed by atoms with Crippen molar-refractivity contribution in [3.8, 4) is 0 Å². The molecule has 0 atom stereocenters. The molecule has 0 amide bonds. The van der Waals surface area contributed by atoms with Crippen LogP contribution in [0.25, 0.3) is 0 Å². The molecule has 3 N–H and O–H groups in total. The molecule has 0 aliphatic carbocycles. The van der Waals surface area contributed by atoms with Crippen molar-refractivity contribution in [1.29, 1.82) is 0 Å². The highest BCUT2D eigenvalue weighted by Crippen LogP contribution is 2.25. The van der Waals surface area contributed by atoms with Crippen LogP contribution in [-0.4, -0.2) is 18.8 Å². The summed E-state index contributed by atoms with van der Waals surface area (Å²) in [5.74, 6) is 1.51. The molecule has 14 heavy (non-hydrogen) atoms. The maximum atomic E-state index is 12.9. The molecular formula is C10H13FN2S. The zero-order chi connectivity index (χ0) is 9.97. The molecule has 76 valence electrons. The van der Waals surface area contributed by atoms with Gasteiger partial charge in [0.2, 0.25) is 0 Å². The van der Waals surface area contributed by atoms with Crippen LogP contribution in [0.1, 0.15) is 0 Å². The third-order valence-electron chi connectivity index (χ3n) is 2.25. The summed E-state index contributed by atoms with van der Waals surface area (Å²) in [4.78, 5) is 0.925. The molecule has 0 saturated carbocycles. The number of anilines is 1. The maximum absolute atomic E-state index is 12.9. The van der Waals surface area contributed by atoms with Crippen molar-refractivity contribution in [2.24, 2.45) is 5.92 Å². The van der Waals surface area contributed by atoms with Crippen molar-refractivity contribution in [3.63, 3.8) is 0 Å². The van der Waals surface area contributed by atoms with Gasteiger partial charge in [-0.3, -0.25) is 0 Å². The van der Waals surface area contributed by atoms with Gasteiger partial charge in [-0.1, -0.05) is 0 Å². The Bertz CT molecular complexity index is 306. The summed E-state index contributed by atoms with van der Waals surface area (Å²) in [6.45, 7) is 2.16. The van der Waals surface area contributed by atoms with Gasteiger partial charge in [-0.05, 0) is 37.2 Å². The minimum Gasteiger partial charge on any atom is -0.399 e. The van der Waals surface area contributed by atoms with Gasteiger partial charge in [0.1, 0.15) is 5.82 Å². The molecule has 0 aromatic heterocycles. The van der Waals surface area contributed by atoms with Crippen molar-refractivity contribution < 1.29 is 4.39 Å². The Morgan fingerprint density at radius 3 is 2.79 bits per heavy atom. The molecule has 2 rings (SSSR count). The Labute approximate surface area is 87.1 Å². The van der Waals surface area contributed by atoms with Crippen LogP contribution < -0.4 is 11.1 Å². The van der Waals surface area contributed by atoms with Crippen LogP contribution in [0.5, 0.6) is 0 Å². The lowest BCUT2D eigenvalue weighted by Gasteiger charge is -2.26. The van der Waals surface area contributed by atoms with Crippen molar-refractivity contribution in [3.05, 3.63) is 24.0 Å². The van der Waals surface area contributed by atoms with Gasteiger partial charge < -0.3 is 11.1 Å². The summed E-state index contributed by atoms with van der Waals surface area (Å²) in [6.07, 6.45) is 0. The lowest BCUT2D eigenvalue weighted by atomic mass is 10.1. The number of nitrogens with one attached hydrogen (secondary N) is 1. The van der Waals surface area contributed by atoms with Crippen molar-refractivity contribution >= 4 is 17.4 Å². The van der Waals surface area contributed by atoms with Gasteiger partial charge in [0.15, 0.2) is 0 Å². The predicted molar refractivity (Wildman–Crippen MR) is 57.9 cm³/mol. The fourth-order valence-corrected chi connectivity index (χ4v) is 2.43. The Morgan fingerprint density at radius 1 is 1.43 bits per heavy atom. The average molecular weight is 212 g/mol. The molecule has 1 aromatic carbocycles. The minimum absolute atomic E-state index is 0.251. The van der Waals surface area contributed by atoms with Crippen LogP contribution in [0.3, 0.4) is 0 Å². The first-order valence-corrected chi connectivity index (χ1v) is 5.62. The molecule has 1 aliphatic heterocycles. The summed E-state index contributed by atoms with van der Waals surface area (Å²) < 4.78 is 12.9. The second-order valence-electron chi connectivity index (χ2n) is 3.56. The number of hydrogen-bond acceptors (Lipinski definition) is 3. The van der Waals surface area contributed by atoms with Crippen molar-refractivity contribution in [2.75, 3.05) is 24.6 Å². The van der Waals surface area contributed by atoms with Crippen LogP contribution >= 0.6 is 11.8 Å². The molecule has 0 unspecified atom stereocenters. The molecule has 1 heterocycles. The highest BCUT2D eigenvalue weighted by Gasteiger charge is 2.16. The average Bonchev–Trinajstić information content (AvgIpc) is 1.99. The van der Waals surface area contributed by atoms with Gasteiger partial charge in [-0.2, -0.15) is 0 Å². The third-order valence-corrected chi connectivity index (χ3v) is 3.45. The van der Waals surface area contributed by atoms with Crippen LogP contribution in [0, 0.1) is 11.7 Å². The second-order valence-corrected chi connectivity index (χ2v) is 4.65. The molecule has 0 spiro atoms. The van der Waals surface area contributed by atoms with Crippen LogP contribution in [0.15, 0.2) is 23.1 Å². The molecule has 1 fully saturated rings. The van der Waals surface area contributed by atoms with Crippen molar-refractivity contribution in [1.82, 2.24) is 5.32 Å². The highest BCUT2D eigenvalue weighted by molar-refractivity contribution is 7.99. The van der Waals surface area contributed by atoms with Gasteiger partial charge in [0.05, 0.1) is 0 Å². The van der Waals surface area contributed by atoms with E-state index in [2.05, 4.69) is 5.32 Å². The van der Waals surface area contributed by atoms with E-state index in [9.17, 15) is 4.39 Å². The third kappa shape index (κ3) is 2.39. The maximum Gasteiger partial charge on any atom is 0.126 e. The highest BCUT2D eigenvalue weighted by atomic mass is 32.2. The summed E-state index contributed by atoms with van der Waals surface area (Å²) >= 11 is 1.67. The molecule has 2 nitrogen and oxygen atoms in total. The zero-order valence-corrected chi connectivity index (χ0v) is 8.61. The largest absolute Gasteiger partial charge is 0.399 e. The second kappa shape index (κ2) is 4.19. The fourth-order valence-electron chi connectivity index (χ4n) is 1.35. The molecular weight excluding hydrogens is 199 g/mol. The Hall–Kier alpha value is -0.740. The van der Waals surface area contributed by atoms with E-state index in [1.807, 2.05) is 6.07 Å². The van der Waals surface area contributed by atoms with Gasteiger partial charge in [0.25, 0.3) is 0 Å². The van der Waals surface area contributed by atoms with E-state index in [-0.39, 0.29) is 5.82 Å². The Balaban J connectivity index is 1.94. The summed E-state index contributed by atoms with van der Waals surface area (Å²) in [6, 6.07) is 4.70. The van der Waals surface area contributed by atoms with E-state index in [1.165, 1.54) is 12.1 Å². The van der Waals surface area contributed by atoms with Gasteiger partial charge in [-0.15, -0.1) is 11.8 Å². The molecule has 1 aliphatic rings. The number of rotatable bonds is 3. The molecule has 1 aromatic rings. The van der Waals surface area contributed by atoms with E-state index in [0.717, 1.165) is 29.7 Å². The van der Waals surface area contributed by atoms with Gasteiger partial charge >= 0.3 is 0 Å².